The first kappa shape index (κ1) is 14.5. The molecule has 2 aromatic rings. The zero-order valence-corrected chi connectivity index (χ0v) is 13.0. The van der Waals surface area contributed by atoms with Crippen LogP contribution >= 0.6 is 11.3 Å². The first-order valence-electron chi connectivity index (χ1n) is 7.72. The number of carbonyl (C=O) groups excluding carboxylic acids is 1. The summed E-state index contributed by atoms with van der Waals surface area (Å²) in [5.41, 5.74) is 6.48. The molecule has 0 saturated heterocycles. The molecule has 1 heterocycles. The lowest BCUT2D eigenvalue weighted by atomic mass is 9.79. The Hall–Kier alpha value is -1.39. The predicted molar refractivity (Wildman–Crippen MR) is 89.6 cm³/mol. The van der Waals surface area contributed by atoms with E-state index in [2.05, 4.69) is 22.8 Å². The summed E-state index contributed by atoms with van der Waals surface area (Å²) in [5.74, 6) is 0.0986. The molecule has 4 heteroatoms. The van der Waals surface area contributed by atoms with Crippen molar-refractivity contribution in [2.45, 2.75) is 38.5 Å². The van der Waals surface area contributed by atoms with Gasteiger partial charge in [-0.2, -0.15) is 0 Å². The second-order valence-corrected chi connectivity index (χ2v) is 6.97. The molecule has 1 saturated carbocycles. The van der Waals surface area contributed by atoms with Gasteiger partial charge in [0.2, 0.25) is 5.91 Å². The van der Waals surface area contributed by atoms with E-state index in [9.17, 15) is 4.79 Å². The van der Waals surface area contributed by atoms with E-state index in [0.29, 0.717) is 6.54 Å². The van der Waals surface area contributed by atoms with Crippen LogP contribution in [0.25, 0.3) is 10.1 Å². The van der Waals surface area contributed by atoms with Crippen LogP contribution in [-0.4, -0.2) is 12.5 Å². The fourth-order valence-corrected chi connectivity index (χ4v) is 4.01. The molecule has 1 aromatic heterocycles. The van der Waals surface area contributed by atoms with Crippen molar-refractivity contribution >= 4 is 33.0 Å². The maximum Gasteiger partial charge on any atom is 0.231 e. The molecule has 0 spiro atoms. The van der Waals surface area contributed by atoms with Gasteiger partial charge >= 0.3 is 0 Å². The average Bonchev–Trinajstić information content (AvgIpc) is 2.82. The number of amides is 1. The van der Waals surface area contributed by atoms with Crippen molar-refractivity contribution in [1.82, 2.24) is 0 Å². The highest BCUT2D eigenvalue weighted by Gasteiger charge is 2.37. The topological polar surface area (TPSA) is 55.1 Å². The molecular formula is C17H22N2OS. The van der Waals surface area contributed by atoms with E-state index < -0.39 is 0 Å². The SMILES string of the molecule is NCC1(C(=O)Nc2ccc3sccc3c2)CCCCCC1. The van der Waals surface area contributed by atoms with Gasteiger partial charge in [0.1, 0.15) is 0 Å². The van der Waals surface area contributed by atoms with Gasteiger partial charge in [-0.25, -0.2) is 0 Å². The molecule has 0 aliphatic heterocycles. The summed E-state index contributed by atoms with van der Waals surface area (Å²) in [7, 11) is 0. The van der Waals surface area contributed by atoms with Gasteiger partial charge in [0.05, 0.1) is 5.41 Å². The third kappa shape index (κ3) is 2.97. The van der Waals surface area contributed by atoms with Crippen molar-refractivity contribution in [3.63, 3.8) is 0 Å². The second-order valence-electron chi connectivity index (χ2n) is 6.03. The summed E-state index contributed by atoms with van der Waals surface area (Å²) in [6, 6.07) is 8.18. The van der Waals surface area contributed by atoms with Crippen molar-refractivity contribution < 1.29 is 4.79 Å². The summed E-state index contributed by atoms with van der Waals surface area (Å²) in [6.07, 6.45) is 6.47. The standard InChI is InChI=1S/C17H22N2OS/c18-12-17(8-3-1-2-4-9-17)16(20)19-14-5-6-15-13(11-14)7-10-21-15/h5-7,10-11H,1-4,8-9,12,18H2,(H,19,20). The number of carbonyl (C=O) groups is 1. The Morgan fingerprint density at radius 1 is 1.19 bits per heavy atom. The number of hydrogen-bond donors (Lipinski definition) is 2. The zero-order chi connectivity index (χ0) is 14.7. The largest absolute Gasteiger partial charge is 0.329 e. The van der Waals surface area contributed by atoms with Crippen LogP contribution in [0, 0.1) is 5.41 Å². The first-order valence-corrected chi connectivity index (χ1v) is 8.60. The summed E-state index contributed by atoms with van der Waals surface area (Å²) in [5, 5.41) is 6.35. The van der Waals surface area contributed by atoms with Crippen LogP contribution < -0.4 is 11.1 Å². The van der Waals surface area contributed by atoms with E-state index in [0.717, 1.165) is 31.4 Å². The van der Waals surface area contributed by atoms with Gasteiger partial charge in [-0.1, -0.05) is 25.7 Å². The highest BCUT2D eigenvalue weighted by molar-refractivity contribution is 7.17. The highest BCUT2D eigenvalue weighted by atomic mass is 32.1. The number of hydrogen-bond acceptors (Lipinski definition) is 3. The Bertz CT molecular complexity index is 627. The van der Waals surface area contributed by atoms with E-state index in [1.54, 1.807) is 11.3 Å². The zero-order valence-electron chi connectivity index (χ0n) is 12.2. The molecule has 1 amide bonds. The van der Waals surface area contributed by atoms with E-state index >= 15 is 0 Å². The number of nitrogens with one attached hydrogen (secondary N) is 1. The second kappa shape index (κ2) is 6.16. The molecule has 112 valence electrons. The van der Waals surface area contributed by atoms with Gasteiger partial charge in [0, 0.05) is 16.9 Å². The van der Waals surface area contributed by atoms with Crippen molar-refractivity contribution in [1.29, 1.82) is 0 Å². The first-order chi connectivity index (χ1) is 10.2. The van der Waals surface area contributed by atoms with Crippen LogP contribution in [-0.2, 0) is 4.79 Å². The van der Waals surface area contributed by atoms with E-state index in [-0.39, 0.29) is 11.3 Å². The van der Waals surface area contributed by atoms with Gasteiger partial charge in [0.25, 0.3) is 0 Å². The molecule has 1 fully saturated rings. The van der Waals surface area contributed by atoms with Crippen LogP contribution in [0.5, 0.6) is 0 Å². The average molecular weight is 302 g/mol. The summed E-state index contributed by atoms with van der Waals surface area (Å²) in [4.78, 5) is 12.8. The van der Waals surface area contributed by atoms with Crippen LogP contribution in [0.2, 0.25) is 0 Å². The molecular weight excluding hydrogens is 280 g/mol. The fourth-order valence-electron chi connectivity index (χ4n) is 3.24. The summed E-state index contributed by atoms with van der Waals surface area (Å²) < 4.78 is 1.25. The van der Waals surface area contributed by atoms with Gasteiger partial charge in [-0.05, 0) is 47.9 Å². The van der Waals surface area contributed by atoms with Crippen molar-refractivity contribution in [3.8, 4) is 0 Å². The van der Waals surface area contributed by atoms with E-state index in [1.165, 1.54) is 22.9 Å². The van der Waals surface area contributed by atoms with Crippen molar-refractivity contribution in [3.05, 3.63) is 29.6 Å². The number of nitrogens with two attached hydrogens (primary N) is 1. The molecule has 0 radical (unpaired) electrons. The number of benzene rings is 1. The maximum atomic E-state index is 12.8. The van der Waals surface area contributed by atoms with Gasteiger partial charge < -0.3 is 11.1 Å². The lowest BCUT2D eigenvalue weighted by molar-refractivity contribution is -0.125. The Morgan fingerprint density at radius 2 is 1.95 bits per heavy atom. The monoisotopic (exact) mass is 302 g/mol. The molecule has 1 aliphatic rings. The smallest absolute Gasteiger partial charge is 0.231 e. The highest BCUT2D eigenvalue weighted by Crippen LogP contribution is 2.35. The number of thiophene rings is 1. The van der Waals surface area contributed by atoms with Crippen LogP contribution in [0.4, 0.5) is 5.69 Å². The minimum absolute atomic E-state index is 0.0986. The van der Waals surface area contributed by atoms with Crippen molar-refractivity contribution in [2.75, 3.05) is 11.9 Å². The third-order valence-corrected chi connectivity index (χ3v) is 5.54. The maximum absolute atomic E-state index is 12.8. The van der Waals surface area contributed by atoms with Gasteiger partial charge in [0.15, 0.2) is 0 Å². The minimum atomic E-state index is -0.375. The molecule has 1 aromatic carbocycles. The van der Waals surface area contributed by atoms with Gasteiger partial charge in [-0.3, -0.25) is 4.79 Å². The predicted octanol–water partition coefficient (Wildman–Crippen LogP) is 4.14. The number of rotatable bonds is 3. The van der Waals surface area contributed by atoms with E-state index in [1.807, 2.05) is 12.1 Å². The van der Waals surface area contributed by atoms with Crippen LogP contribution in [0.3, 0.4) is 0 Å². The molecule has 3 rings (SSSR count). The molecule has 0 bridgehead atoms. The summed E-state index contributed by atoms with van der Waals surface area (Å²) >= 11 is 1.72. The fraction of sp³-hybridized carbons (Fsp3) is 0.471. The molecule has 3 N–H and O–H groups in total. The minimum Gasteiger partial charge on any atom is -0.329 e. The Kier molecular flexibility index (Phi) is 4.27. The number of anilines is 1. The quantitative estimate of drug-likeness (QED) is 0.837. The lowest BCUT2D eigenvalue weighted by Crippen LogP contribution is -2.42. The molecule has 0 atom stereocenters. The number of fused-ring (bicyclic) bond motifs is 1. The molecule has 0 unspecified atom stereocenters. The normalized spacial score (nSPS) is 18.3. The Labute approximate surface area is 129 Å². The Morgan fingerprint density at radius 3 is 2.67 bits per heavy atom. The van der Waals surface area contributed by atoms with Gasteiger partial charge in [-0.15, -0.1) is 11.3 Å². The lowest BCUT2D eigenvalue weighted by Gasteiger charge is -2.29. The van der Waals surface area contributed by atoms with E-state index in [4.69, 9.17) is 5.73 Å². The van der Waals surface area contributed by atoms with Crippen LogP contribution in [0.1, 0.15) is 38.5 Å². The van der Waals surface area contributed by atoms with Crippen LogP contribution in [0.15, 0.2) is 29.6 Å². The van der Waals surface area contributed by atoms with Crippen molar-refractivity contribution in [2.24, 2.45) is 11.1 Å². The Balaban J connectivity index is 1.79. The molecule has 1 aliphatic carbocycles. The third-order valence-electron chi connectivity index (χ3n) is 4.64. The molecule has 21 heavy (non-hydrogen) atoms. The molecule has 3 nitrogen and oxygen atoms in total. The summed E-state index contributed by atoms with van der Waals surface area (Å²) in [6.45, 7) is 0.444.